The number of hydrogen-bond acceptors (Lipinski definition) is 5. The van der Waals surface area contributed by atoms with Gasteiger partial charge in [0.1, 0.15) is 5.75 Å². The van der Waals surface area contributed by atoms with E-state index in [2.05, 4.69) is 5.32 Å². The summed E-state index contributed by atoms with van der Waals surface area (Å²) in [4.78, 5) is 32.8. The fraction of sp³-hybridized carbons (Fsp3) is 0.250. The third-order valence-electron chi connectivity index (χ3n) is 2.26. The molecule has 3 amide bonds. The number of nitrogens with one attached hydrogen (secondary N) is 1. The number of rotatable bonds is 7. The maximum atomic E-state index is 11.6. The van der Waals surface area contributed by atoms with Crippen LogP contribution in [0.1, 0.15) is 6.42 Å². The molecule has 1 unspecified atom stereocenters. The Morgan fingerprint density at radius 3 is 2.20 bits per heavy atom. The quantitative estimate of drug-likeness (QED) is 0.489. The van der Waals surface area contributed by atoms with E-state index in [4.69, 9.17) is 21.9 Å². The van der Waals surface area contributed by atoms with Gasteiger partial charge in [0.25, 0.3) is 5.91 Å². The lowest BCUT2D eigenvalue weighted by molar-refractivity contribution is -0.123. The van der Waals surface area contributed by atoms with Crippen molar-refractivity contribution in [3.8, 4) is 5.75 Å². The molecule has 0 aliphatic carbocycles. The molecule has 1 atom stereocenters. The van der Waals surface area contributed by atoms with Crippen LogP contribution >= 0.6 is 0 Å². The summed E-state index contributed by atoms with van der Waals surface area (Å²) >= 11 is 0. The predicted molar refractivity (Wildman–Crippen MR) is 71.5 cm³/mol. The average molecular weight is 280 g/mol. The fourth-order valence-electron chi connectivity index (χ4n) is 1.33. The zero-order valence-corrected chi connectivity index (χ0v) is 10.7. The van der Waals surface area contributed by atoms with Gasteiger partial charge in [0.2, 0.25) is 11.8 Å². The van der Waals surface area contributed by atoms with Gasteiger partial charge in [-0.05, 0) is 24.3 Å². The molecule has 0 spiro atoms. The van der Waals surface area contributed by atoms with Crippen molar-refractivity contribution in [2.24, 2.45) is 17.2 Å². The van der Waals surface area contributed by atoms with Gasteiger partial charge in [-0.2, -0.15) is 0 Å². The topological polar surface area (TPSA) is 151 Å². The summed E-state index contributed by atoms with van der Waals surface area (Å²) in [5.74, 6) is -1.32. The summed E-state index contributed by atoms with van der Waals surface area (Å²) < 4.78 is 5.05. The second-order valence-electron chi connectivity index (χ2n) is 4.05. The van der Waals surface area contributed by atoms with E-state index in [1.54, 1.807) is 24.3 Å². The Labute approximate surface area is 115 Å². The second kappa shape index (κ2) is 7.10. The van der Waals surface area contributed by atoms with Crippen LogP contribution in [0.4, 0.5) is 5.69 Å². The van der Waals surface area contributed by atoms with Crippen molar-refractivity contribution in [1.29, 1.82) is 0 Å². The largest absolute Gasteiger partial charge is 0.484 e. The molecule has 0 aliphatic heterocycles. The van der Waals surface area contributed by atoms with Crippen molar-refractivity contribution in [2.75, 3.05) is 11.9 Å². The van der Waals surface area contributed by atoms with Gasteiger partial charge in [-0.3, -0.25) is 14.4 Å². The van der Waals surface area contributed by atoms with Crippen molar-refractivity contribution in [3.63, 3.8) is 0 Å². The van der Waals surface area contributed by atoms with Crippen LogP contribution in [-0.2, 0) is 14.4 Å². The van der Waals surface area contributed by atoms with E-state index in [0.717, 1.165) is 0 Å². The Kier molecular flexibility index (Phi) is 5.48. The monoisotopic (exact) mass is 280 g/mol. The van der Waals surface area contributed by atoms with Gasteiger partial charge in [-0.25, -0.2) is 0 Å². The second-order valence-corrected chi connectivity index (χ2v) is 4.05. The Hall–Kier alpha value is -2.61. The van der Waals surface area contributed by atoms with Gasteiger partial charge in [0, 0.05) is 5.69 Å². The first kappa shape index (κ1) is 15.4. The van der Waals surface area contributed by atoms with Gasteiger partial charge >= 0.3 is 0 Å². The SMILES string of the molecule is NC(=O)COc1ccc(NC(=O)C(N)CC(N)=O)cc1. The number of amides is 3. The molecule has 0 saturated heterocycles. The molecule has 1 aromatic carbocycles. The molecular weight excluding hydrogens is 264 g/mol. The maximum Gasteiger partial charge on any atom is 0.255 e. The highest BCUT2D eigenvalue weighted by molar-refractivity contribution is 5.97. The third-order valence-corrected chi connectivity index (χ3v) is 2.26. The van der Waals surface area contributed by atoms with Crippen molar-refractivity contribution in [1.82, 2.24) is 0 Å². The Morgan fingerprint density at radius 2 is 1.70 bits per heavy atom. The van der Waals surface area contributed by atoms with Gasteiger partial charge in [0.05, 0.1) is 12.5 Å². The van der Waals surface area contributed by atoms with Crippen LogP contribution < -0.4 is 27.3 Å². The highest BCUT2D eigenvalue weighted by Gasteiger charge is 2.15. The molecule has 0 aliphatic rings. The number of primary amides is 2. The average Bonchev–Trinajstić information content (AvgIpc) is 2.37. The Morgan fingerprint density at radius 1 is 1.10 bits per heavy atom. The predicted octanol–water partition coefficient (Wildman–Crippen LogP) is -1.31. The van der Waals surface area contributed by atoms with Crippen molar-refractivity contribution in [2.45, 2.75) is 12.5 Å². The van der Waals surface area contributed by atoms with Crippen molar-refractivity contribution >= 4 is 23.4 Å². The summed E-state index contributed by atoms with van der Waals surface area (Å²) in [5.41, 5.74) is 15.8. The number of carbonyl (C=O) groups is 3. The van der Waals surface area contributed by atoms with Crippen LogP contribution in [0.3, 0.4) is 0 Å². The van der Waals surface area contributed by atoms with Crippen LogP contribution in [-0.4, -0.2) is 30.4 Å². The molecule has 1 rings (SSSR count). The molecule has 0 bridgehead atoms. The first-order valence-electron chi connectivity index (χ1n) is 5.74. The van der Waals surface area contributed by atoms with Crippen LogP contribution in [0.15, 0.2) is 24.3 Å². The van der Waals surface area contributed by atoms with Crippen molar-refractivity contribution < 1.29 is 19.1 Å². The number of benzene rings is 1. The van der Waals surface area contributed by atoms with Crippen LogP contribution in [0.2, 0.25) is 0 Å². The molecule has 1 aromatic rings. The lowest BCUT2D eigenvalue weighted by atomic mass is 10.2. The standard InChI is InChI=1S/C12H16N4O4/c13-9(5-10(14)17)12(19)16-7-1-3-8(4-2-7)20-6-11(15)18/h1-4,9H,5-6,13H2,(H2,14,17)(H2,15,18)(H,16,19). The zero-order valence-electron chi connectivity index (χ0n) is 10.7. The lowest BCUT2D eigenvalue weighted by Crippen LogP contribution is -2.38. The number of ether oxygens (including phenoxy) is 1. The fourth-order valence-corrected chi connectivity index (χ4v) is 1.33. The lowest BCUT2D eigenvalue weighted by Gasteiger charge is -2.11. The molecule has 0 saturated carbocycles. The Bertz CT molecular complexity index is 501. The van der Waals surface area contributed by atoms with E-state index in [-0.39, 0.29) is 13.0 Å². The minimum absolute atomic E-state index is 0.227. The molecule has 7 N–H and O–H groups in total. The first-order valence-corrected chi connectivity index (χ1v) is 5.74. The summed E-state index contributed by atoms with van der Waals surface area (Å²) in [7, 11) is 0. The summed E-state index contributed by atoms with van der Waals surface area (Å²) in [6.45, 7) is -0.227. The first-order chi connectivity index (χ1) is 9.38. The molecule has 8 nitrogen and oxygen atoms in total. The van der Waals surface area contributed by atoms with E-state index in [1.807, 2.05) is 0 Å². The number of carbonyl (C=O) groups excluding carboxylic acids is 3. The highest BCUT2D eigenvalue weighted by Crippen LogP contribution is 2.15. The number of nitrogens with two attached hydrogens (primary N) is 3. The van der Waals surface area contributed by atoms with E-state index in [0.29, 0.717) is 11.4 Å². The highest BCUT2D eigenvalue weighted by atomic mass is 16.5. The zero-order chi connectivity index (χ0) is 15.1. The molecule has 8 heteroatoms. The van der Waals surface area contributed by atoms with Gasteiger partial charge < -0.3 is 27.3 Å². The Balaban J connectivity index is 2.54. The van der Waals surface area contributed by atoms with Crippen molar-refractivity contribution in [3.05, 3.63) is 24.3 Å². The maximum absolute atomic E-state index is 11.6. The van der Waals surface area contributed by atoms with Crippen LogP contribution in [0.5, 0.6) is 5.75 Å². The molecule has 0 radical (unpaired) electrons. The third kappa shape index (κ3) is 5.36. The summed E-state index contributed by atoms with van der Waals surface area (Å²) in [6, 6.07) is 5.23. The minimum atomic E-state index is -1.00. The molecule has 0 fully saturated rings. The van der Waals surface area contributed by atoms with E-state index in [9.17, 15) is 14.4 Å². The van der Waals surface area contributed by atoms with Crippen LogP contribution in [0, 0.1) is 0 Å². The van der Waals surface area contributed by atoms with E-state index in [1.165, 1.54) is 0 Å². The molecule has 20 heavy (non-hydrogen) atoms. The van der Waals surface area contributed by atoms with E-state index >= 15 is 0 Å². The molecular formula is C12H16N4O4. The summed E-state index contributed by atoms with van der Waals surface area (Å²) in [5, 5.41) is 2.52. The van der Waals surface area contributed by atoms with E-state index < -0.39 is 23.8 Å². The summed E-state index contributed by atoms with van der Waals surface area (Å²) in [6.07, 6.45) is -0.231. The minimum Gasteiger partial charge on any atom is -0.484 e. The number of hydrogen-bond donors (Lipinski definition) is 4. The normalized spacial score (nSPS) is 11.4. The molecule has 108 valence electrons. The number of anilines is 1. The van der Waals surface area contributed by atoms with Gasteiger partial charge in [-0.1, -0.05) is 0 Å². The smallest absolute Gasteiger partial charge is 0.255 e. The molecule has 0 aromatic heterocycles. The van der Waals surface area contributed by atoms with Gasteiger partial charge in [0.15, 0.2) is 6.61 Å². The molecule has 0 heterocycles. The van der Waals surface area contributed by atoms with Crippen LogP contribution in [0.25, 0.3) is 0 Å². The van der Waals surface area contributed by atoms with Gasteiger partial charge in [-0.15, -0.1) is 0 Å².